The molecule has 1 heterocycles. The van der Waals surface area contributed by atoms with Gasteiger partial charge in [0.15, 0.2) is 0 Å². The van der Waals surface area contributed by atoms with Crippen LogP contribution in [-0.2, 0) is 14.4 Å². The average Bonchev–Trinajstić information content (AvgIpc) is 2.79. The van der Waals surface area contributed by atoms with Crippen LogP contribution in [0.15, 0.2) is 0 Å². The molecule has 1 unspecified atom stereocenters. The van der Waals surface area contributed by atoms with Crippen molar-refractivity contribution in [2.24, 2.45) is 5.92 Å². The van der Waals surface area contributed by atoms with E-state index in [1.165, 1.54) is 11.3 Å². The minimum atomic E-state index is -0.937. The van der Waals surface area contributed by atoms with Gasteiger partial charge in [0.2, 0.25) is 11.8 Å². The predicted octanol–water partition coefficient (Wildman–Crippen LogP) is 0.758. The van der Waals surface area contributed by atoms with Gasteiger partial charge in [-0.25, -0.2) is 0 Å². The largest absolute Gasteiger partial charge is 0.481 e. The Balaban J connectivity index is 1.70. The van der Waals surface area contributed by atoms with Gasteiger partial charge in [0.1, 0.15) is 0 Å². The van der Waals surface area contributed by atoms with E-state index in [9.17, 15) is 14.4 Å². The third-order valence-electron chi connectivity index (χ3n) is 4.14. The van der Waals surface area contributed by atoms with Crippen molar-refractivity contribution in [2.75, 3.05) is 13.1 Å². The highest BCUT2D eigenvalue weighted by molar-refractivity contribution is 5.86. The molecular weight excluding hydrogens is 260 g/mol. The number of nitrogens with one attached hydrogen (secondary N) is 1. The fraction of sp³-hybridized carbons (Fsp3) is 0.786. The summed E-state index contributed by atoms with van der Waals surface area (Å²) in [4.78, 5) is 35.8. The minimum absolute atomic E-state index is 0.0384. The first-order valence-corrected chi connectivity index (χ1v) is 7.36. The Hall–Kier alpha value is -1.59. The lowest BCUT2D eigenvalue weighted by Crippen LogP contribution is -2.38. The van der Waals surface area contributed by atoms with E-state index < -0.39 is 11.9 Å². The van der Waals surface area contributed by atoms with Crippen LogP contribution in [0, 0.1) is 5.92 Å². The van der Waals surface area contributed by atoms with E-state index in [1.807, 2.05) is 0 Å². The van der Waals surface area contributed by atoms with Gasteiger partial charge < -0.3 is 15.3 Å². The molecule has 2 fully saturated rings. The molecule has 20 heavy (non-hydrogen) atoms. The molecular formula is C14H22N2O4. The fourth-order valence-corrected chi connectivity index (χ4v) is 2.94. The Bertz CT molecular complexity index is 391. The van der Waals surface area contributed by atoms with Crippen LogP contribution in [0.3, 0.4) is 0 Å². The number of carboxylic acids is 1. The maximum absolute atomic E-state index is 11.8. The van der Waals surface area contributed by atoms with E-state index in [-0.39, 0.29) is 37.2 Å². The van der Waals surface area contributed by atoms with Crippen molar-refractivity contribution in [3.05, 3.63) is 0 Å². The molecule has 112 valence electrons. The summed E-state index contributed by atoms with van der Waals surface area (Å²) >= 11 is 0. The molecule has 0 aromatic rings. The van der Waals surface area contributed by atoms with E-state index in [2.05, 4.69) is 5.32 Å². The Kier molecular flexibility index (Phi) is 4.98. The highest BCUT2D eigenvalue weighted by atomic mass is 16.4. The molecule has 0 aromatic carbocycles. The second kappa shape index (κ2) is 6.72. The van der Waals surface area contributed by atoms with E-state index in [0.717, 1.165) is 25.7 Å². The van der Waals surface area contributed by atoms with Gasteiger partial charge in [-0.1, -0.05) is 19.3 Å². The van der Waals surface area contributed by atoms with Crippen LogP contribution in [0.1, 0.15) is 44.9 Å². The van der Waals surface area contributed by atoms with Crippen LogP contribution in [-0.4, -0.2) is 46.9 Å². The number of carboxylic acid groups (broad SMARTS) is 1. The Labute approximate surface area is 118 Å². The summed E-state index contributed by atoms with van der Waals surface area (Å²) in [6.07, 6.45) is 5.95. The summed E-state index contributed by atoms with van der Waals surface area (Å²) in [7, 11) is 0. The number of aliphatic carboxylic acids is 1. The molecule has 2 rings (SSSR count). The van der Waals surface area contributed by atoms with Gasteiger partial charge >= 0.3 is 5.97 Å². The minimum Gasteiger partial charge on any atom is -0.481 e. The van der Waals surface area contributed by atoms with Gasteiger partial charge in [-0.2, -0.15) is 0 Å². The van der Waals surface area contributed by atoms with Crippen LogP contribution in [0.4, 0.5) is 0 Å². The first-order valence-electron chi connectivity index (χ1n) is 7.36. The van der Waals surface area contributed by atoms with Crippen LogP contribution in [0.2, 0.25) is 0 Å². The molecule has 6 nitrogen and oxygen atoms in total. The molecule has 1 aliphatic carbocycles. The van der Waals surface area contributed by atoms with Gasteiger partial charge in [0, 0.05) is 32.0 Å². The van der Waals surface area contributed by atoms with E-state index >= 15 is 0 Å². The lowest BCUT2D eigenvalue weighted by molar-refractivity contribution is -0.141. The monoisotopic (exact) mass is 282 g/mol. The first kappa shape index (κ1) is 14.8. The number of carbonyl (C=O) groups excluding carboxylic acids is 2. The standard InChI is InChI=1S/C14H22N2O4/c17-12(15-11-4-2-1-3-5-11)6-7-16-9-10(14(19)20)8-13(16)18/h10-11H,1-9H2,(H,15,17)(H,19,20). The topological polar surface area (TPSA) is 86.7 Å². The average molecular weight is 282 g/mol. The second-order valence-electron chi connectivity index (χ2n) is 5.73. The van der Waals surface area contributed by atoms with Gasteiger partial charge in [0.25, 0.3) is 0 Å². The van der Waals surface area contributed by atoms with Crippen LogP contribution >= 0.6 is 0 Å². The van der Waals surface area contributed by atoms with Crippen LogP contribution in [0.5, 0.6) is 0 Å². The third-order valence-corrected chi connectivity index (χ3v) is 4.14. The zero-order chi connectivity index (χ0) is 14.5. The third kappa shape index (κ3) is 3.95. The maximum atomic E-state index is 11.8. The normalized spacial score (nSPS) is 23.9. The van der Waals surface area contributed by atoms with E-state index in [1.54, 1.807) is 0 Å². The highest BCUT2D eigenvalue weighted by Crippen LogP contribution is 2.19. The zero-order valence-electron chi connectivity index (χ0n) is 11.6. The smallest absolute Gasteiger partial charge is 0.308 e. The van der Waals surface area contributed by atoms with Gasteiger partial charge in [0.05, 0.1) is 5.92 Å². The summed E-state index contributed by atoms with van der Waals surface area (Å²) in [5, 5.41) is 11.9. The van der Waals surface area contributed by atoms with Crippen LogP contribution < -0.4 is 5.32 Å². The van der Waals surface area contributed by atoms with Gasteiger partial charge in [-0.05, 0) is 12.8 Å². The zero-order valence-corrected chi connectivity index (χ0v) is 11.6. The first-order chi connectivity index (χ1) is 9.56. The summed E-state index contributed by atoms with van der Waals surface area (Å²) in [6, 6.07) is 0.275. The number of likely N-dealkylation sites (tertiary alicyclic amines) is 1. The molecule has 0 radical (unpaired) electrons. The van der Waals surface area contributed by atoms with Crippen molar-refractivity contribution in [3.63, 3.8) is 0 Å². The number of amides is 2. The van der Waals surface area contributed by atoms with Crippen molar-refractivity contribution >= 4 is 17.8 Å². The van der Waals surface area contributed by atoms with Crippen molar-refractivity contribution in [2.45, 2.75) is 51.0 Å². The number of hydrogen-bond acceptors (Lipinski definition) is 3. The molecule has 1 saturated carbocycles. The maximum Gasteiger partial charge on any atom is 0.308 e. The van der Waals surface area contributed by atoms with Crippen LogP contribution in [0.25, 0.3) is 0 Å². The van der Waals surface area contributed by atoms with Crippen molar-refractivity contribution < 1.29 is 19.5 Å². The molecule has 0 aromatic heterocycles. The van der Waals surface area contributed by atoms with Gasteiger partial charge in [-0.3, -0.25) is 14.4 Å². The molecule has 0 spiro atoms. The summed E-state index contributed by atoms with van der Waals surface area (Å²) in [6.45, 7) is 0.548. The Morgan fingerprint density at radius 3 is 2.55 bits per heavy atom. The lowest BCUT2D eigenvalue weighted by atomic mass is 9.95. The molecule has 2 N–H and O–H groups in total. The quantitative estimate of drug-likeness (QED) is 0.779. The number of hydrogen-bond donors (Lipinski definition) is 2. The molecule has 2 amide bonds. The predicted molar refractivity (Wildman–Crippen MR) is 72.0 cm³/mol. The summed E-state index contributed by atoms with van der Waals surface area (Å²) in [5.74, 6) is -1.76. The molecule has 1 atom stereocenters. The SMILES string of the molecule is O=C(CCN1CC(C(=O)O)CC1=O)NC1CCCCC1. The molecule has 1 saturated heterocycles. The Morgan fingerprint density at radius 2 is 1.95 bits per heavy atom. The van der Waals surface area contributed by atoms with Gasteiger partial charge in [-0.15, -0.1) is 0 Å². The number of carbonyl (C=O) groups is 3. The number of rotatable bonds is 5. The molecule has 1 aliphatic heterocycles. The second-order valence-corrected chi connectivity index (χ2v) is 5.73. The summed E-state index contributed by atoms with van der Waals surface area (Å²) < 4.78 is 0. The van der Waals surface area contributed by atoms with E-state index in [4.69, 9.17) is 5.11 Å². The van der Waals surface area contributed by atoms with Crippen molar-refractivity contribution in [1.29, 1.82) is 0 Å². The van der Waals surface area contributed by atoms with Crippen molar-refractivity contribution in [3.8, 4) is 0 Å². The molecule has 2 aliphatic rings. The summed E-state index contributed by atoms with van der Waals surface area (Å²) in [5.41, 5.74) is 0. The van der Waals surface area contributed by atoms with E-state index in [0.29, 0.717) is 6.54 Å². The van der Waals surface area contributed by atoms with Crippen molar-refractivity contribution in [1.82, 2.24) is 10.2 Å². The molecule has 6 heteroatoms. The molecule has 0 bridgehead atoms. The highest BCUT2D eigenvalue weighted by Gasteiger charge is 2.34. The Morgan fingerprint density at radius 1 is 1.25 bits per heavy atom. The lowest BCUT2D eigenvalue weighted by Gasteiger charge is -2.23. The fourth-order valence-electron chi connectivity index (χ4n) is 2.94. The number of nitrogens with zero attached hydrogens (tertiary/aromatic N) is 1.